The Bertz CT molecular complexity index is 720. The van der Waals surface area contributed by atoms with Crippen molar-refractivity contribution in [2.24, 2.45) is 0 Å². The summed E-state index contributed by atoms with van der Waals surface area (Å²) in [5.41, 5.74) is 2.73. The molecule has 4 amide bonds. The first-order valence-electron chi connectivity index (χ1n) is 9.19. The smallest absolute Gasteiger partial charge is 0.414 e. The number of imide groups is 1. The third kappa shape index (κ3) is 8.17. The Morgan fingerprint density at radius 3 is 2.32 bits per heavy atom. The molecule has 0 aliphatic heterocycles. The number of nitrogens with one attached hydrogen (secondary N) is 4. The van der Waals surface area contributed by atoms with Crippen LogP contribution in [0.1, 0.15) is 25.0 Å². The van der Waals surface area contributed by atoms with Crippen molar-refractivity contribution in [3.05, 3.63) is 29.3 Å². The molecule has 1 aromatic carbocycles. The van der Waals surface area contributed by atoms with Gasteiger partial charge in [0.25, 0.3) is 11.8 Å². The van der Waals surface area contributed by atoms with E-state index in [0.29, 0.717) is 17.1 Å². The summed E-state index contributed by atoms with van der Waals surface area (Å²) >= 11 is 0. The predicted molar refractivity (Wildman–Crippen MR) is 104 cm³/mol. The van der Waals surface area contributed by atoms with E-state index in [4.69, 9.17) is 0 Å². The maximum Gasteiger partial charge on any atom is 0.414 e. The van der Waals surface area contributed by atoms with Crippen LogP contribution in [0.15, 0.2) is 18.2 Å². The average molecular weight is 393 g/mol. The normalized spacial score (nSPS) is 11.3. The van der Waals surface area contributed by atoms with Gasteiger partial charge in [0.2, 0.25) is 5.91 Å². The van der Waals surface area contributed by atoms with Crippen molar-refractivity contribution >= 4 is 29.5 Å². The maximum atomic E-state index is 12.1. The van der Waals surface area contributed by atoms with Crippen molar-refractivity contribution in [2.75, 3.05) is 38.1 Å². The van der Waals surface area contributed by atoms with Gasteiger partial charge < -0.3 is 20.3 Å². The predicted octanol–water partition coefficient (Wildman–Crippen LogP) is -0.464. The van der Waals surface area contributed by atoms with Crippen LogP contribution in [0.5, 0.6) is 0 Å². The molecular formula is C19H29N4O5+. The van der Waals surface area contributed by atoms with Crippen molar-refractivity contribution in [1.82, 2.24) is 10.6 Å². The molecule has 9 nitrogen and oxygen atoms in total. The SMILES string of the molecule is CCOC(=O)NC(=O)C[NH+](CC)CC(=O)NCC(=O)Nc1cccc(C)c1C. The first-order chi connectivity index (χ1) is 13.3. The summed E-state index contributed by atoms with van der Waals surface area (Å²) in [5, 5.41) is 7.39. The minimum Gasteiger partial charge on any atom is -0.450 e. The molecule has 28 heavy (non-hydrogen) atoms. The van der Waals surface area contributed by atoms with Gasteiger partial charge in [0.1, 0.15) is 0 Å². The molecule has 0 aliphatic carbocycles. The van der Waals surface area contributed by atoms with E-state index in [1.165, 1.54) is 0 Å². The van der Waals surface area contributed by atoms with Crippen molar-refractivity contribution < 1.29 is 28.8 Å². The monoisotopic (exact) mass is 393 g/mol. The van der Waals surface area contributed by atoms with E-state index in [-0.39, 0.29) is 38.1 Å². The largest absolute Gasteiger partial charge is 0.450 e. The van der Waals surface area contributed by atoms with Crippen LogP contribution < -0.4 is 20.9 Å². The average Bonchev–Trinajstić information content (AvgIpc) is 2.63. The molecule has 4 N–H and O–H groups in total. The molecule has 0 fully saturated rings. The fraction of sp³-hybridized carbons (Fsp3) is 0.474. The van der Waals surface area contributed by atoms with E-state index in [0.717, 1.165) is 11.1 Å². The summed E-state index contributed by atoms with van der Waals surface area (Å²) < 4.78 is 4.63. The molecule has 0 aliphatic rings. The van der Waals surface area contributed by atoms with Gasteiger partial charge in [-0.05, 0) is 44.9 Å². The van der Waals surface area contributed by atoms with Crippen LogP contribution in [0.25, 0.3) is 0 Å². The Balaban J connectivity index is 2.42. The highest BCUT2D eigenvalue weighted by Gasteiger charge is 2.19. The van der Waals surface area contributed by atoms with Crippen LogP contribution in [0, 0.1) is 13.8 Å². The number of anilines is 1. The first kappa shape index (κ1) is 23.1. The number of likely N-dealkylation sites (N-methyl/N-ethyl adjacent to an activating group) is 1. The standard InChI is InChI=1S/C19H28N4O5/c1-5-23(12-18(26)22-19(27)28-6-2)11-17(25)20-10-16(24)21-15-9-7-8-13(3)14(15)4/h7-9H,5-6,10-12H2,1-4H3,(H,20,25)(H,21,24)(H,22,26,27)/p+1. The van der Waals surface area contributed by atoms with E-state index >= 15 is 0 Å². The maximum absolute atomic E-state index is 12.1. The van der Waals surface area contributed by atoms with Crippen LogP contribution >= 0.6 is 0 Å². The number of carbonyl (C=O) groups excluding carboxylic acids is 4. The fourth-order valence-electron chi connectivity index (χ4n) is 2.41. The molecule has 0 heterocycles. The van der Waals surface area contributed by atoms with Crippen LogP contribution in [0.4, 0.5) is 10.5 Å². The number of quaternary nitrogens is 1. The Morgan fingerprint density at radius 1 is 1.00 bits per heavy atom. The Morgan fingerprint density at radius 2 is 1.68 bits per heavy atom. The lowest BCUT2D eigenvalue weighted by molar-refractivity contribution is -0.881. The quantitative estimate of drug-likeness (QED) is 0.453. The number of amides is 4. The second kappa shape index (κ2) is 11.7. The van der Waals surface area contributed by atoms with Gasteiger partial charge in [0, 0.05) is 5.69 Å². The van der Waals surface area contributed by atoms with Crippen LogP contribution in [0.2, 0.25) is 0 Å². The summed E-state index contributed by atoms with van der Waals surface area (Å²) in [4.78, 5) is 47.8. The summed E-state index contributed by atoms with van der Waals surface area (Å²) in [7, 11) is 0. The highest BCUT2D eigenvalue weighted by molar-refractivity contribution is 5.95. The molecule has 1 unspecified atom stereocenters. The third-order valence-electron chi connectivity index (χ3n) is 4.16. The molecule has 0 saturated heterocycles. The van der Waals surface area contributed by atoms with Crippen LogP contribution in [-0.4, -0.2) is 56.6 Å². The first-order valence-corrected chi connectivity index (χ1v) is 9.19. The van der Waals surface area contributed by atoms with Crippen molar-refractivity contribution in [3.63, 3.8) is 0 Å². The van der Waals surface area contributed by atoms with Crippen molar-refractivity contribution in [1.29, 1.82) is 0 Å². The summed E-state index contributed by atoms with van der Waals surface area (Å²) in [5.74, 6) is -1.23. The van der Waals surface area contributed by atoms with Gasteiger partial charge in [-0.25, -0.2) is 4.79 Å². The highest BCUT2D eigenvalue weighted by atomic mass is 16.5. The van der Waals surface area contributed by atoms with Gasteiger partial charge in [-0.2, -0.15) is 0 Å². The number of ether oxygens (including phenoxy) is 1. The fourth-order valence-corrected chi connectivity index (χ4v) is 2.41. The molecular weight excluding hydrogens is 364 g/mol. The lowest BCUT2D eigenvalue weighted by Gasteiger charge is -2.16. The second-order valence-corrected chi connectivity index (χ2v) is 6.30. The van der Waals surface area contributed by atoms with E-state index in [9.17, 15) is 19.2 Å². The van der Waals surface area contributed by atoms with E-state index in [1.54, 1.807) is 13.0 Å². The van der Waals surface area contributed by atoms with Gasteiger partial charge in [0.05, 0.1) is 19.7 Å². The van der Waals surface area contributed by atoms with Gasteiger partial charge in [-0.1, -0.05) is 12.1 Å². The topological polar surface area (TPSA) is 118 Å². The Hall–Kier alpha value is -2.94. The van der Waals surface area contributed by atoms with Crippen LogP contribution in [0.3, 0.4) is 0 Å². The van der Waals surface area contributed by atoms with Crippen LogP contribution in [-0.2, 0) is 19.1 Å². The zero-order chi connectivity index (χ0) is 21.1. The molecule has 0 radical (unpaired) electrons. The molecule has 0 bridgehead atoms. The third-order valence-corrected chi connectivity index (χ3v) is 4.16. The molecule has 154 valence electrons. The zero-order valence-electron chi connectivity index (χ0n) is 16.8. The summed E-state index contributed by atoms with van der Waals surface area (Å²) in [6.07, 6.45) is -0.810. The number of carbonyl (C=O) groups is 4. The molecule has 1 aromatic rings. The Kier molecular flexibility index (Phi) is 9.66. The van der Waals surface area contributed by atoms with E-state index in [1.807, 2.05) is 32.9 Å². The van der Waals surface area contributed by atoms with E-state index < -0.39 is 12.0 Å². The molecule has 9 heteroatoms. The number of hydrogen-bond donors (Lipinski definition) is 4. The number of hydrogen-bond acceptors (Lipinski definition) is 5. The summed E-state index contributed by atoms with van der Waals surface area (Å²) in [6, 6.07) is 5.60. The lowest BCUT2D eigenvalue weighted by Crippen LogP contribution is -3.14. The minimum absolute atomic E-state index is 0.00347. The van der Waals surface area contributed by atoms with Gasteiger partial charge in [-0.3, -0.25) is 19.7 Å². The minimum atomic E-state index is -0.810. The molecule has 1 rings (SSSR count). The van der Waals surface area contributed by atoms with Crippen molar-refractivity contribution in [2.45, 2.75) is 27.7 Å². The van der Waals surface area contributed by atoms with Gasteiger partial charge >= 0.3 is 6.09 Å². The number of alkyl carbamates (subject to hydrolysis) is 1. The van der Waals surface area contributed by atoms with E-state index in [2.05, 4.69) is 20.7 Å². The lowest BCUT2D eigenvalue weighted by atomic mass is 10.1. The molecule has 0 spiro atoms. The number of rotatable bonds is 9. The molecule has 1 atom stereocenters. The molecule has 0 saturated carbocycles. The second-order valence-electron chi connectivity index (χ2n) is 6.30. The molecule has 0 aromatic heterocycles. The van der Waals surface area contributed by atoms with Crippen molar-refractivity contribution in [3.8, 4) is 0 Å². The number of aryl methyl sites for hydroxylation is 1. The summed E-state index contributed by atoms with van der Waals surface area (Å²) in [6.45, 7) is 7.75. The van der Waals surface area contributed by atoms with Gasteiger partial charge in [0.15, 0.2) is 13.1 Å². The van der Waals surface area contributed by atoms with Gasteiger partial charge in [-0.15, -0.1) is 0 Å². The number of benzene rings is 1. The zero-order valence-corrected chi connectivity index (χ0v) is 16.8. The Labute approximate surface area is 164 Å². The highest BCUT2D eigenvalue weighted by Crippen LogP contribution is 2.17.